The first kappa shape index (κ1) is 13.1. The van der Waals surface area contributed by atoms with E-state index in [1.54, 1.807) is 10.0 Å². The van der Waals surface area contributed by atoms with Crippen LogP contribution in [0.15, 0.2) is 41.5 Å². The summed E-state index contributed by atoms with van der Waals surface area (Å²) in [6, 6.07) is 11.1. The first-order chi connectivity index (χ1) is 9.93. The fraction of sp³-hybridized carbons (Fsp3) is 0.556. The number of allylic oxidation sites excluding steroid dienone is 1. The van der Waals surface area contributed by atoms with Gasteiger partial charge in [-0.25, -0.2) is 0 Å². The molecule has 0 bridgehead atoms. The topological polar surface area (TPSA) is 9.23 Å². The Balaban J connectivity index is 1.56. The summed E-state index contributed by atoms with van der Waals surface area (Å²) in [6.45, 7) is 0.993. The van der Waals surface area contributed by atoms with E-state index in [1.807, 2.05) is 5.57 Å². The molecule has 1 nitrogen and oxygen atoms in total. The minimum absolute atomic E-state index is 0.533. The van der Waals surface area contributed by atoms with Gasteiger partial charge in [0.2, 0.25) is 0 Å². The molecule has 4 rings (SSSR count). The molecule has 106 valence electrons. The molecular formula is C18H22OSe. The minimum atomic E-state index is 0.533. The molecule has 1 heterocycles. The Morgan fingerprint density at radius 1 is 1.00 bits per heavy atom. The third-order valence-corrected chi connectivity index (χ3v) is 7.69. The molecule has 2 saturated carbocycles. The van der Waals surface area contributed by atoms with Crippen LogP contribution in [0.3, 0.4) is 0 Å². The van der Waals surface area contributed by atoms with Crippen LogP contribution in [0.25, 0.3) is 0 Å². The first-order valence-corrected chi connectivity index (χ1v) is 9.84. The molecule has 20 heavy (non-hydrogen) atoms. The predicted octanol–water partition coefficient (Wildman–Crippen LogP) is 3.48. The number of hydrogen-bond acceptors (Lipinski definition) is 1. The Bertz CT molecular complexity index is 493. The summed E-state index contributed by atoms with van der Waals surface area (Å²) < 4.78 is 7.53. The zero-order valence-electron chi connectivity index (χ0n) is 11.9. The molecule has 2 heteroatoms. The van der Waals surface area contributed by atoms with Crippen LogP contribution in [0.5, 0.6) is 0 Å². The SMILES string of the molecule is c1ccc([Se][C@H]2CCCC/C2=C2/[C@H]3CCCO[C@@H]23)cc1. The average molecular weight is 333 g/mol. The molecule has 1 aromatic carbocycles. The van der Waals surface area contributed by atoms with Crippen LogP contribution in [0.4, 0.5) is 0 Å². The van der Waals surface area contributed by atoms with Gasteiger partial charge in [0, 0.05) is 0 Å². The van der Waals surface area contributed by atoms with E-state index in [2.05, 4.69) is 30.3 Å². The second kappa shape index (κ2) is 5.67. The fourth-order valence-electron chi connectivity index (χ4n) is 3.84. The summed E-state index contributed by atoms with van der Waals surface area (Å²) in [6.07, 6.45) is 8.77. The van der Waals surface area contributed by atoms with Crippen molar-refractivity contribution in [3.8, 4) is 0 Å². The maximum absolute atomic E-state index is 5.97. The molecule has 0 amide bonds. The zero-order valence-corrected chi connectivity index (χ0v) is 13.6. The Morgan fingerprint density at radius 2 is 1.90 bits per heavy atom. The van der Waals surface area contributed by atoms with Crippen LogP contribution in [0.1, 0.15) is 38.5 Å². The van der Waals surface area contributed by atoms with Crippen molar-refractivity contribution in [1.82, 2.24) is 0 Å². The van der Waals surface area contributed by atoms with Crippen LogP contribution >= 0.6 is 0 Å². The fourth-order valence-corrected chi connectivity index (χ4v) is 6.62. The molecule has 1 aliphatic heterocycles. The Hall–Kier alpha value is -0.561. The van der Waals surface area contributed by atoms with Gasteiger partial charge < -0.3 is 0 Å². The van der Waals surface area contributed by atoms with Gasteiger partial charge in [-0.3, -0.25) is 0 Å². The van der Waals surface area contributed by atoms with Gasteiger partial charge in [0.05, 0.1) is 0 Å². The van der Waals surface area contributed by atoms with Crippen molar-refractivity contribution >= 4 is 19.4 Å². The number of rotatable bonds is 2. The summed E-state index contributed by atoms with van der Waals surface area (Å²) in [7, 11) is 0. The zero-order chi connectivity index (χ0) is 13.4. The van der Waals surface area contributed by atoms with Crippen molar-refractivity contribution in [1.29, 1.82) is 0 Å². The van der Waals surface area contributed by atoms with E-state index in [0.717, 1.165) is 17.3 Å². The molecule has 0 spiro atoms. The van der Waals surface area contributed by atoms with Gasteiger partial charge in [0.15, 0.2) is 0 Å². The molecule has 3 atom stereocenters. The first-order valence-electron chi connectivity index (χ1n) is 7.99. The Labute approximate surface area is 127 Å². The summed E-state index contributed by atoms with van der Waals surface area (Å²) in [5, 5.41) is 0. The van der Waals surface area contributed by atoms with Gasteiger partial charge in [-0.15, -0.1) is 0 Å². The average Bonchev–Trinajstić information content (AvgIpc) is 3.23. The summed E-state index contributed by atoms with van der Waals surface area (Å²) in [5.41, 5.74) is 3.56. The number of ether oxygens (including phenoxy) is 1. The summed E-state index contributed by atoms with van der Waals surface area (Å²) >= 11 is 0.607. The predicted molar refractivity (Wildman–Crippen MR) is 83.5 cm³/mol. The molecule has 3 aliphatic rings. The van der Waals surface area contributed by atoms with Crippen LogP contribution in [0, 0.1) is 5.92 Å². The Morgan fingerprint density at radius 3 is 2.70 bits per heavy atom. The van der Waals surface area contributed by atoms with Gasteiger partial charge in [0.25, 0.3) is 0 Å². The second-order valence-corrected chi connectivity index (χ2v) is 8.86. The molecule has 0 radical (unpaired) electrons. The van der Waals surface area contributed by atoms with E-state index in [1.165, 1.54) is 38.5 Å². The third kappa shape index (κ3) is 2.50. The van der Waals surface area contributed by atoms with Crippen LogP contribution in [0.2, 0.25) is 4.82 Å². The van der Waals surface area contributed by atoms with Crippen molar-refractivity contribution in [2.24, 2.45) is 5.92 Å². The molecule has 1 aromatic rings. The van der Waals surface area contributed by atoms with E-state index >= 15 is 0 Å². The number of fused-ring (bicyclic) bond motifs is 1. The molecule has 2 aliphatic carbocycles. The van der Waals surface area contributed by atoms with Gasteiger partial charge in [0.1, 0.15) is 0 Å². The quantitative estimate of drug-likeness (QED) is 0.595. The monoisotopic (exact) mass is 334 g/mol. The molecule has 1 saturated heterocycles. The van der Waals surface area contributed by atoms with Crippen molar-refractivity contribution in [2.45, 2.75) is 49.4 Å². The van der Waals surface area contributed by atoms with Crippen LogP contribution in [-0.4, -0.2) is 27.7 Å². The van der Waals surface area contributed by atoms with E-state index in [0.29, 0.717) is 21.1 Å². The summed E-state index contributed by atoms with van der Waals surface area (Å²) in [4.78, 5) is 0.850. The van der Waals surface area contributed by atoms with Gasteiger partial charge in [-0.05, 0) is 0 Å². The molecule has 3 fully saturated rings. The molecule has 0 unspecified atom stereocenters. The standard InChI is InChI=1S/C18H22OSe/c1-2-7-13(8-3-1)20-16-11-5-4-9-14(16)17-15-10-6-12-19-18(15)17/h1-3,7-8,15-16,18H,4-6,9-12H2/b17-14+/t15-,16+,18-/m1/s1. The van der Waals surface area contributed by atoms with Crippen molar-refractivity contribution in [2.75, 3.05) is 6.61 Å². The van der Waals surface area contributed by atoms with Crippen molar-refractivity contribution < 1.29 is 4.74 Å². The molecule has 0 N–H and O–H groups in total. The summed E-state index contributed by atoms with van der Waals surface area (Å²) in [5.74, 6) is 0.811. The van der Waals surface area contributed by atoms with E-state index in [-0.39, 0.29) is 0 Å². The van der Waals surface area contributed by atoms with E-state index < -0.39 is 0 Å². The Kier molecular flexibility index (Phi) is 3.72. The van der Waals surface area contributed by atoms with E-state index in [9.17, 15) is 0 Å². The van der Waals surface area contributed by atoms with Gasteiger partial charge >= 0.3 is 128 Å². The normalized spacial score (nSPS) is 36.5. The third-order valence-electron chi connectivity index (χ3n) is 4.86. The molecule has 0 aromatic heterocycles. The number of hydrogen-bond donors (Lipinski definition) is 0. The second-order valence-electron chi connectivity index (χ2n) is 6.19. The van der Waals surface area contributed by atoms with Gasteiger partial charge in [-0.1, -0.05) is 0 Å². The van der Waals surface area contributed by atoms with Crippen LogP contribution < -0.4 is 4.46 Å². The van der Waals surface area contributed by atoms with Gasteiger partial charge in [-0.2, -0.15) is 0 Å². The van der Waals surface area contributed by atoms with Crippen molar-refractivity contribution in [3.05, 3.63) is 41.5 Å². The van der Waals surface area contributed by atoms with Crippen LogP contribution in [-0.2, 0) is 4.74 Å². The van der Waals surface area contributed by atoms with Crippen molar-refractivity contribution in [3.63, 3.8) is 0 Å². The van der Waals surface area contributed by atoms with E-state index in [4.69, 9.17) is 4.74 Å². The number of benzene rings is 1. The molecular weight excluding hydrogens is 311 g/mol. The maximum atomic E-state index is 5.97.